The molecule has 5 nitrogen and oxygen atoms in total. The smallest absolute Gasteiger partial charge is 0.335 e. The van der Waals surface area contributed by atoms with Crippen molar-refractivity contribution in [3.8, 4) is 0 Å². The standard InChI is InChI=1S/C25H18N2O3/c1-26-19-11-9-17(10-12-19)21-14-25(21)20-7-2-3-8-22(20)27(24(25)30)15-16-5-4-6-18(13-16)23(28)29/h2-13,21H,14-15H2,(H,28,29)/t21-,25+/m1/s1. The van der Waals surface area contributed by atoms with Crippen LogP contribution in [-0.2, 0) is 16.8 Å². The van der Waals surface area contributed by atoms with Crippen LogP contribution in [0.3, 0.4) is 0 Å². The van der Waals surface area contributed by atoms with Gasteiger partial charge in [-0.3, -0.25) is 4.79 Å². The highest BCUT2D eigenvalue weighted by atomic mass is 16.4. The van der Waals surface area contributed by atoms with Gasteiger partial charge in [-0.15, -0.1) is 0 Å². The Hall–Kier alpha value is -3.91. The molecule has 1 aliphatic heterocycles. The molecule has 0 saturated heterocycles. The third-order valence-electron chi connectivity index (χ3n) is 6.20. The zero-order valence-electron chi connectivity index (χ0n) is 16.1. The molecule has 1 aliphatic carbocycles. The topological polar surface area (TPSA) is 62.0 Å². The van der Waals surface area contributed by atoms with Gasteiger partial charge in [-0.25, -0.2) is 9.64 Å². The normalized spacial score (nSPS) is 21.4. The van der Waals surface area contributed by atoms with Gasteiger partial charge in [0.2, 0.25) is 5.91 Å². The summed E-state index contributed by atoms with van der Waals surface area (Å²) < 4.78 is 0. The van der Waals surface area contributed by atoms with Crippen molar-refractivity contribution >= 4 is 23.3 Å². The molecule has 30 heavy (non-hydrogen) atoms. The van der Waals surface area contributed by atoms with E-state index in [1.807, 2.05) is 42.5 Å². The molecule has 0 bridgehead atoms. The van der Waals surface area contributed by atoms with Gasteiger partial charge in [0.25, 0.3) is 0 Å². The average molecular weight is 394 g/mol. The number of carbonyl (C=O) groups is 2. The first-order valence-corrected chi connectivity index (χ1v) is 9.76. The zero-order chi connectivity index (χ0) is 20.9. The summed E-state index contributed by atoms with van der Waals surface area (Å²) in [6.45, 7) is 7.46. The lowest BCUT2D eigenvalue weighted by Crippen LogP contribution is -2.32. The number of hydrogen-bond acceptors (Lipinski definition) is 2. The van der Waals surface area contributed by atoms with E-state index < -0.39 is 11.4 Å². The summed E-state index contributed by atoms with van der Waals surface area (Å²) in [5.74, 6) is -0.837. The molecule has 5 rings (SSSR count). The number of nitrogens with zero attached hydrogens (tertiary/aromatic N) is 2. The van der Waals surface area contributed by atoms with Crippen molar-refractivity contribution in [1.82, 2.24) is 0 Å². The van der Waals surface area contributed by atoms with Gasteiger partial charge in [0, 0.05) is 11.6 Å². The van der Waals surface area contributed by atoms with Crippen molar-refractivity contribution in [3.05, 3.63) is 106 Å². The highest BCUT2D eigenvalue weighted by Crippen LogP contribution is 2.66. The Bertz CT molecular complexity index is 1230. The summed E-state index contributed by atoms with van der Waals surface area (Å²) >= 11 is 0. The van der Waals surface area contributed by atoms with E-state index in [0.29, 0.717) is 12.2 Å². The van der Waals surface area contributed by atoms with E-state index in [1.165, 1.54) is 0 Å². The van der Waals surface area contributed by atoms with Crippen LogP contribution in [0.15, 0.2) is 72.8 Å². The van der Waals surface area contributed by atoms with Gasteiger partial charge >= 0.3 is 5.97 Å². The van der Waals surface area contributed by atoms with Crippen molar-refractivity contribution in [2.75, 3.05) is 4.90 Å². The van der Waals surface area contributed by atoms with E-state index in [4.69, 9.17) is 6.57 Å². The molecule has 3 aromatic carbocycles. The molecule has 1 saturated carbocycles. The van der Waals surface area contributed by atoms with Crippen molar-refractivity contribution in [1.29, 1.82) is 0 Å². The summed E-state index contributed by atoms with van der Waals surface area (Å²) in [6.07, 6.45) is 0.742. The number of benzene rings is 3. The highest BCUT2D eigenvalue weighted by Gasteiger charge is 2.66. The summed E-state index contributed by atoms with van der Waals surface area (Å²) in [4.78, 5) is 30.2. The Kier molecular flexibility index (Phi) is 3.97. The SMILES string of the molecule is [C-]#[N+]c1ccc([C@H]2C[C@@]23C(=O)N(Cc2cccc(C(=O)O)c2)c2ccccc23)cc1. The maximum atomic E-state index is 13.6. The lowest BCUT2D eigenvalue weighted by atomic mass is 9.92. The van der Waals surface area contributed by atoms with Crippen LogP contribution < -0.4 is 4.90 Å². The molecule has 3 aromatic rings. The number of para-hydroxylation sites is 1. The molecule has 1 amide bonds. The maximum absolute atomic E-state index is 13.6. The molecular formula is C25H18N2O3. The number of aromatic carboxylic acids is 1. The molecule has 1 spiro atoms. The number of carboxylic acid groups (broad SMARTS) is 1. The molecule has 2 aliphatic rings. The zero-order valence-corrected chi connectivity index (χ0v) is 16.1. The minimum absolute atomic E-state index is 0.0590. The van der Waals surface area contributed by atoms with Crippen molar-refractivity contribution in [2.24, 2.45) is 0 Å². The molecule has 2 atom stereocenters. The van der Waals surface area contributed by atoms with Crippen molar-refractivity contribution in [2.45, 2.75) is 24.3 Å². The minimum atomic E-state index is -0.980. The van der Waals surface area contributed by atoms with E-state index in [0.717, 1.165) is 28.8 Å². The number of fused-ring (bicyclic) bond motifs is 2. The molecule has 0 radical (unpaired) electrons. The van der Waals surface area contributed by atoms with Crippen LogP contribution in [-0.4, -0.2) is 17.0 Å². The van der Waals surface area contributed by atoms with Gasteiger partial charge in [-0.2, -0.15) is 0 Å². The first-order valence-electron chi connectivity index (χ1n) is 9.76. The number of carboxylic acids is 1. The minimum Gasteiger partial charge on any atom is -0.478 e. The number of amides is 1. The average Bonchev–Trinajstić information content (AvgIpc) is 3.49. The van der Waals surface area contributed by atoms with Crippen LogP contribution in [0.4, 0.5) is 11.4 Å². The van der Waals surface area contributed by atoms with E-state index in [-0.39, 0.29) is 17.4 Å². The molecular weight excluding hydrogens is 376 g/mol. The van der Waals surface area contributed by atoms with E-state index in [2.05, 4.69) is 4.85 Å². The predicted octanol–water partition coefficient (Wildman–Crippen LogP) is 4.91. The molecule has 1 fully saturated rings. The summed E-state index contributed by atoms with van der Waals surface area (Å²) in [6, 6.07) is 22.1. The van der Waals surface area contributed by atoms with Crippen molar-refractivity contribution in [3.63, 3.8) is 0 Å². The third kappa shape index (κ3) is 2.61. The first kappa shape index (κ1) is 18.1. The molecule has 0 aromatic heterocycles. The molecule has 5 heteroatoms. The van der Waals surface area contributed by atoms with Crippen molar-refractivity contribution < 1.29 is 14.7 Å². The Morgan fingerprint density at radius 1 is 1.10 bits per heavy atom. The monoisotopic (exact) mass is 394 g/mol. The van der Waals surface area contributed by atoms with E-state index in [1.54, 1.807) is 35.2 Å². The summed E-state index contributed by atoms with van der Waals surface area (Å²) in [7, 11) is 0. The number of carbonyl (C=O) groups excluding carboxylic acids is 1. The van der Waals surface area contributed by atoms with E-state index >= 15 is 0 Å². The van der Waals surface area contributed by atoms with Crippen LogP contribution in [0, 0.1) is 6.57 Å². The molecule has 1 N–H and O–H groups in total. The van der Waals surface area contributed by atoms with Gasteiger partial charge in [0.05, 0.1) is 24.1 Å². The molecule has 1 heterocycles. The first-order chi connectivity index (χ1) is 14.5. The number of rotatable bonds is 4. The Balaban J connectivity index is 1.50. The summed E-state index contributed by atoms with van der Waals surface area (Å²) in [5, 5.41) is 9.27. The molecule has 0 unspecified atom stereocenters. The fourth-order valence-electron chi connectivity index (χ4n) is 4.67. The van der Waals surface area contributed by atoms with Crippen LogP contribution in [0.25, 0.3) is 4.85 Å². The van der Waals surface area contributed by atoms with Crippen LogP contribution in [0.5, 0.6) is 0 Å². The Morgan fingerprint density at radius 3 is 2.60 bits per heavy atom. The lowest BCUT2D eigenvalue weighted by Gasteiger charge is -2.19. The second-order valence-electron chi connectivity index (χ2n) is 7.85. The highest BCUT2D eigenvalue weighted by molar-refractivity contribution is 6.11. The third-order valence-corrected chi connectivity index (χ3v) is 6.20. The second-order valence-corrected chi connectivity index (χ2v) is 7.85. The quantitative estimate of drug-likeness (QED) is 0.640. The van der Waals surface area contributed by atoms with Crippen LogP contribution in [0.1, 0.15) is 39.4 Å². The van der Waals surface area contributed by atoms with Gasteiger partial charge in [0.15, 0.2) is 5.69 Å². The lowest BCUT2D eigenvalue weighted by molar-refractivity contribution is -0.120. The van der Waals surface area contributed by atoms with Gasteiger partial charge < -0.3 is 10.0 Å². The number of hydrogen-bond donors (Lipinski definition) is 1. The largest absolute Gasteiger partial charge is 0.478 e. The van der Waals surface area contributed by atoms with Gasteiger partial charge in [-0.05, 0) is 41.3 Å². The van der Waals surface area contributed by atoms with Gasteiger partial charge in [-0.1, -0.05) is 54.6 Å². The predicted molar refractivity (Wildman–Crippen MR) is 113 cm³/mol. The maximum Gasteiger partial charge on any atom is 0.335 e. The Labute approximate surface area is 174 Å². The summed E-state index contributed by atoms with van der Waals surface area (Å²) in [5.41, 5.74) is 4.01. The fourth-order valence-corrected chi connectivity index (χ4v) is 4.67. The second kappa shape index (κ2) is 6.57. The van der Waals surface area contributed by atoms with Gasteiger partial charge in [0.1, 0.15) is 0 Å². The van der Waals surface area contributed by atoms with Crippen LogP contribution >= 0.6 is 0 Å². The van der Waals surface area contributed by atoms with Crippen LogP contribution in [0.2, 0.25) is 0 Å². The Morgan fingerprint density at radius 2 is 1.87 bits per heavy atom. The number of anilines is 1. The fraction of sp³-hybridized carbons (Fsp3) is 0.160. The molecule has 146 valence electrons. The van der Waals surface area contributed by atoms with E-state index in [9.17, 15) is 14.7 Å².